The molecular weight excluding hydrogens is 376 g/mol. The third-order valence-electron chi connectivity index (χ3n) is 5.43. The summed E-state index contributed by atoms with van der Waals surface area (Å²) in [6.45, 7) is 6.18. The van der Waals surface area contributed by atoms with Gasteiger partial charge in [0.15, 0.2) is 0 Å². The summed E-state index contributed by atoms with van der Waals surface area (Å²) in [7, 11) is 0. The van der Waals surface area contributed by atoms with Gasteiger partial charge < -0.3 is 4.57 Å². The van der Waals surface area contributed by atoms with E-state index in [1.54, 1.807) is 0 Å². The maximum atomic E-state index is 9.83. The maximum absolute atomic E-state index is 9.83. The van der Waals surface area contributed by atoms with Crippen LogP contribution in [0, 0.1) is 32.1 Å². The molecule has 0 bridgehead atoms. The smallest absolute Gasteiger partial charge is 0.0998 e. The molecule has 0 saturated heterocycles. The highest BCUT2D eigenvalue weighted by atomic mass is 35.5. The normalized spacial score (nSPS) is 11.6. The molecule has 0 N–H and O–H groups in total. The highest BCUT2D eigenvalue weighted by Gasteiger charge is 2.13. The first-order valence-corrected chi connectivity index (χ1v) is 9.93. The summed E-state index contributed by atoms with van der Waals surface area (Å²) in [5.41, 5.74) is 6.91. The minimum atomic E-state index is 0.652. The molecule has 0 aliphatic rings. The van der Waals surface area contributed by atoms with Gasteiger partial charge in [-0.2, -0.15) is 5.26 Å². The minimum absolute atomic E-state index is 0.652. The van der Waals surface area contributed by atoms with Crippen LogP contribution in [0.4, 0.5) is 0 Å². The fourth-order valence-electron chi connectivity index (χ4n) is 3.84. The lowest BCUT2D eigenvalue weighted by molar-refractivity contribution is 0.954. The van der Waals surface area contributed by atoms with Crippen LogP contribution < -0.4 is 0 Å². The molecule has 0 amide bonds. The Kier molecular flexibility index (Phi) is 5.01. The summed E-state index contributed by atoms with van der Waals surface area (Å²) in [5, 5.41) is 12.9. The Morgan fingerprint density at radius 2 is 1.69 bits per heavy atom. The third kappa shape index (κ3) is 3.46. The zero-order chi connectivity index (χ0) is 20.5. The summed E-state index contributed by atoms with van der Waals surface area (Å²) in [5.74, 6) is 0. The van der Waals surface area contributed by atoms with Crippen LogP contribution >= 0.6 is 11.6 Å². The van der Waals surface area contributed by atoms with Crippen molar-refractivity contribution in [3.8, 4) is 11.8 Å². The highest BCUT2D eigenvalue weighted by molar-refractivity contribution is 6.31. The highest BCUT2D eigenvalue weighted by Crippen LogP contribution is 2.29. The largest absolute Gasteiger partial charge is 0.318 e. The van der Waals surface area contributed by atoms with Crippen LogP contribution in [0.25, 0.3) is 28.1 Å². The van der Waals surface area contributed by atoms with Gasteiger partial charge in [0.2, 0.25) is 0 Å². The van der Waals surface area contributed by atoms with E-state index in [0.717, 1.165) is 44.2 Å². The molecule has 0 saturated carbocycles. The number of hydrogen-bond acceptors (Lipinski definition) is 1. The first-order chi connectivity index (χ1) is 14.0. The van der Waals surface area contributed by atoms with Gasteiger partial charge in [0.1, 0.15) is 0 Å². The van der Waals surface area contributed by atoms with Gasteiger partial charge in [0, 0.05) is 22.1 Å². The van der Waals surface area contributed by atoms with E-state index in [4.69, 9.17) is 11.6 Å². The lowest BCUT2D eigenvalue weighted by Crippen LogP contribution is -2.01. The molecule has 0 unspecified atom stereocenters. The van der Waals surface area contributed by atoms with Crippen molar-refractivity contribution in [2.45, 2.75) is 20.8 Å². The number of rotatable bonds is 3. The molecule has 3 heteroatoms. The number of nitriles is 1. The fraction of sp³-hybridized carbons (Fsp3) is 0.115. The van der Waals surface area contributed by atoms with Gasteiger partial charge in [-0.3, -0.25) is 0 Å². The standard InChI is InChI=1S/C26H21ClN2/c1-17-13-23(19(3)29(17)26-10-6-9-25(27)18(26)2)15-24(16-28)22-12-11-20-7-4-5-8-21(20)14-22/h4-15H,1-3H3/b24-15-. The number of hydrogen-bond donors (Lipinski definition) is 0. The van der Waals surface area contributed by atoms with E-state index in [2.05, 4.69) is 60.9 Å². The van der Waals surface area contributed by atoms with Gasteiger partial charge in [-0.25, -0.2) is 0 Å². The van der Waals surface area contributed by atoms with Gasteiger partial charge in [0.05, 0.1) is 11.6 Å². The van der Waals surface area contributed by atoms with Gasteiger partial charge in [0.25, 0.3) is 0 Å². The first kappa shape index (κ1) is 19.1. The predicted molar refractivity (Wildman–Crippen MR) is 122 cm³/mol. The van der Waals surface area contributed by atoms with Crippen molar-refractivity contribution in [2.24, 2.45) is 0 Å². The molecule has 4 rings (SSSR count). The summed E-state index contributed by atoms with van der Waals surface area (Å²) < 4.78 is 2.20. The van der Waals surface area contributed by atoms with Crippen LogP contribution in [0.15, 0.2) is 66.7 Å². The summed E-state index contributed by atoms with van der Waals surface area (Å²) >= 11 is 6.34. The van der Waals surface area contributed by atoms with E-state index in [0.29, 0.717) is 5.57 Å². The second-order valence-corrected chi connectivity index (χ2v) is 7.68. The molecule has 0 radical (unpaired) electrons. The van der Waals surface area contributed by atoms with Crippen molar-refractivity contribution >= 4 is 34.0 Å². The van der Waals surface area contributed by atoms with E-state index >= 15 is 0 Å². The van der Waals surface area contributed by atoms with Gasteiger partial charge in [-0.1, -0.05) is 54.1 Å². The molecule has 142 valence electrons. The van der Waals surface area contributed by atoms with Crippen molar-refractivity contribution in [3.05, 3.63) is 99.8 Å². The van der Waals surface area contributed by atoms with Crippen molar-refractivity contribution in [2.75, 3.05) is 0 Å². The second-order valence-electron chi connectivity index (χ2n) is 7.28. The molecule has 29 heavy (non-hydrogen) atoms. The maximum Gasteiger partial charge on any atom is 0.0998 e. The number of fused-ring (bicyclic) bond motifs is 1. The van der Waals surface area contributed by atoms with Crippen molar-refractivity contribution in [3.63, 3.8) is 0 Å². The first-order valence-electron chi connectivity index (χ1n) is 9.55. The van der Waals surface area contributed by atoms with E-state index in [1.165, 1.54) is 5.39 Å². The van der Waals surface area contributed by atoms with Crippen molar-refractivity contribution in [1.29, 1.82) is 5.26 Å². The molecule has 3 aromatic carbocycles. The quantitative estimate of drug-likeness (QED) is 0.334. The monoisotopic (exact) mass is 396 g/mol. The number of nitrogens with zero attached hydrogens (tertiary/aromatic N) is 2. The van der Waals surface area contributed by atoms with E-state index < -0.39 is 0 Å². The number of aromatic nitrogens is 1. The molecule has 0 aliphatic carbocycles. The third-order valence-corrected chi connectivity index (χ3v) is 5.84. The summed E-state index contributed by atoms with van der Waals surface area (Å²) in [6, 6.07) is 24.8. The molecule has 0 atom stereocenters. The summed E-state index contributed by atoms with van der Waals surface area (Å²) in [4.78, 5) is 0. The van der Waals surface area contributed by atoms with Crippen LogP contribution in [-0.4, -0.2) is 4.57 Å². The average Bonchev–Trinajstić information content (AvgIpc) is 3.01. The van der Waals surface area contributed by atoms with Gasteiger partial charge >= 0.3 is 0 Å². The molecule has 0 fully saturated rings. The molecule has 2 nitrogen and oxygen atoms in total. The number of benzene rings is 3. The Labute approximate surface area is 176 Å². The molecule has 0 aliphatic heterocycles. The minimum Gasteiger partial charge on any atom is -0.318 e. The Hall–Kier alpha value is -3.28. The Bertz CT molecular complexity index is 1300. The molecule has 1 aromatic heterocycles. The summed E-state index contributed by atoms with van der Waals surface area (Å²) in [6.07, 6.45) is 1.98. The van der Waals surface area contributed by atoms with Crippen LogP contribution in [0.5, 0.6) is 0 Å². The molecule has 4 aromatic rings. The zero-order valence-corrected chi connectivity index (χ0v) is 17.5. The Morgan fingerprint density at radius 1 is 0.931 bits per heavy atom. The van der Waals surface area contributed by atoms with Crippen LogP contribution in [0.1, 0.15) is 28.1 Å². The van der Waals surface area contributed by atoms with E-state index in [9.17, 15) is 5.26 Å². The molecule has 1 heterocycles. The van der Waals surface area contributed by atoms with E-state index in [-0.39, 0.29) is 0 Å². The molecule has 0 spiro atoms. The van der Waals surface area contributed by atoms with Crippen LogP contribution in [-0.2, 0) is 0 Å². The van der Waals surface area contributed by atoms with Crippen LogP contribution in [0.2, 0.25) is 5.02 Å². The zero-order valence-electron chi connectivity index (χ0n) is 16.7. The molecular formula is C26H21ClN2. The predicted octanol–water partition coefficient (Wildman–Crippen LogP) is 7.27. The van der Waals surface area contributed by atoms with E-state index in [1.807, 2.05) is 43.3 Å². The van der Waals surface area contributed by atoms with Crippen molar-refractivity contribution in [1.82, 2.24) is 4.57 Å². The van der Waals surface area contributed by atoms with Gasteiger partial charge in [-0.15, -0.1) is 0 Å². The SMILES string of the molecule is Cc1c(Cl)cccc1-n1c(C)cc(/C=C(/C#N)c2ccc3ccccc3c2)c1C. The lowest BCUT2D eigenvalue weighted by Gasteiger charge is -2.13. The number of allylic oxidation sites excluding steroid dienone is 1. The van der Waals surface area contributed by atoms with Gasteiger partial charge in [-0.05, 0) is 78.6 Å². The Balaban J connectivity index is 1.83. The van der Waals surface area contributed by atoms with Crippen molar-refractivity contribution < 1.29 is 0 Å². The number of aryl methyl sites for hydroxylation is 1. The fourth-order valence-corrected chi connectivity index (χ4v) is 4.00. The average molecular weight is 397 g/mol. The van der Waals surface area contributed by atoms with Crippen LogP contribution in [0.3, 0.4) is 0 Å². The Morgan fingerprint density at radius 3 is 2.45 bits per heavy atom. The lowest BCUT2D eigenvalue weighted by atomic mass is 10.0. The number of halogens is 1. The topological polar surface area (TPSA) is 28.7 Å². The second kappa shape index (κ2) is 7.62.